The topological polar surface area (TPSA) is 25.0 Å². The highest BCUT2D eigenvalue weighted by Gasteiger charge is 2.13. The monoisotopic (exact) mass is 235 g/mol. The lowest BCUT2D eigenvalue weighted by molar-refractivity contribution is 0.363. The van der Waals surface area contributed by atoms with Crippen LogP contribution in [-0.2, 0) is 6.42 Å². The van der Waals surface area contributed by atoms with E-state index in [4.69, 9.17) is 4.74 Å². The fourth-order valence-corrected chi connectivity index (χ4v) is 2.70. The minimum atomic E-state index is 0.665. The first-order valence-corrected chi connectivity index (χ1v) is 6.23. The Morgan fingerprint density at radius 3 is 2.89 bits per heavy atom. The molecule has 4 rings (SSSR count). The molecule has 0 spiro atoms. The third-order valence-electron chi connectivity index (χ3n) is 3.57. The maximum absolute atomic E-state index is 5.75. The molecule has 1 aliphatic rings. The molecule has 0 unspecified atom stereocenters. The van der Waals surface area contributed by atoms with E-state index in [0.717, 1.165) is 12.2 Å². The van der Waals surface area contributed by atoms with Crippen LogP contribution in [0.2, 0.25) is 0 Å². The molecule has 1 N–H and O–H groups in total. The fourth-order valence-electron chi connectivity index (χ4n) is 2.70. The van der Waals surface area contributed by atoms with Crippen molar-refractivity contribution in [2.24, 2.45) is 0 Å². The van der Waals surface area contributed by atoms with Crippen molar-refractivity contribution < 1.29 is 4.74 Å². The van der Waals surface area contributed by atoms with Crippen LogP contribution >= 0.6 is 0 Å². The molecule has 0 amide bonds. The predicted octanol–water partition coefficient (Wildman–Crippen LogP) is 3.81. The van der Waals surface area contributed by atoms with Gasteiger partial charge in [-0.25, -0.2) is 0 Å². The minimum absolute atomic E-state index is 0.665. The minimum Gasteiger partial charge on any atom is -0.489 e. The van der Waals surface area contributed by atoms with Crippen LogP contribution in [0, 0.1) is 0 Å². The third kappa shape index (κ3) is 1.29. The Balaban J connectivity index is 2.13. The van der Waals surface area contributed by atoms with Gasteiger partial charge in [-0.3, -0.25) is 0 Å². The number of hydrogen-bond acceptors (Lipinski definition) is 1. The highest BCUT2D eigenvalue weighted by atomic mass is 16.5. The van der Waals surface area contributed by atoms with Crippen molar-refractivity contribution >= 4 is 21.8 Å². The van der Waals surface area contributed by atoms with E-state index in [9.17, 15) is 0 Å². The second-order valence-electron chi connectivity index (χ2n) is 4.62. The Labute approximate surface area is 105 Å². The standard InChI is InChI=1S/C16H13NO/c1-2-7-14-11(5-1)12-8-9-15-13(16(12)17-14)6-3-4-10-18-15/h1-5,7-9,17H,6,10H2. The van der Waals surface area contributed by atoms with Crippen LogP contribution in [-0.4, -0.2) is 11.6 Å². The summed E-state index contributed by atoms with van der Waals surface area (Å²) in [7, 11) is 0. The molecule has 0 fully saturated rings. The molecule has 18 heavy (non-hydrogen) atoms. The Kier molecular flexibility index (Phi) is 1.97. The number of aromatic amines is 1. The largest absolute Gasteiger partial charge is 0.489 e. The number of ether oxygens (including phenoxy) is 1. The second-order valence-corrected chi connectivity index (χ2v) is 4.62. The summed E-state index contributed by atoms with van der Waals surface area (Å²) in [5.41, 5.74) is 3.66. The molecule has 1 aliphatic heterocycles. The van der Waals surface area contributed by atoms with Crippen molar-refractivity contribution in [1.29, 1.82) is 0 Å². The van der Waals surface area contributed by atoms with Gasteiger partial charge in [0.2, 0.25) is 0 Å². The van der Waals surface area contributed by atoms with Crippen LogP contribution in [0.25, 0.3) is 21.8 Å². The van der Waals surface area contributed by atoms with E-state index in [1.54, 1.807) is 0 Å². The van der Waals surface area contributed by atoms with E-state index in [0.29, 0.717) is 6.61 Å². The van der Waals surface area contributed by atoms with E-state index >= 15 is 0 Å². The maximum Gasteiger partial charge on any atom is 0.125 e. The van der Waals surface area contributed by atoms with Gasteiger partial charge in [0.05, 0.1) is 5.52 Å². The summed E-state index contributed by atoms with van der Waals surface area (Å²) >= 11 is 0. The molecule has 3 aromatic rings. The molecule has 0 saturated heterocycles. The van der Waals surface area contributed by atoms with Crippen molar-refractivity contribution in [3.63, 3.8) is 0 Å². The zero-order valence-corrected chi connectivity index (χ0v) is 9.94. The molecule has 0 radical (unpaired) electrons. The molecular formula is C16H13NO. The molecule has 2 aromatic carbocycles. The number of rotatable bonds is 0. The van der Waals surface area contributed by atoms with Gasteiger partial charge >= 0.3 is 0 Å². The Morgan fingerprint density at radius 1 is 0.944 bits per heavy atom. The van der Waals surface area contributed by atoms with Gasteiger partial charge in [0.15, 0.2) is 0 Å². The van der Waals surface area contributed by atoms with E-state index < -0.39 is 0 Å². The summed E-state index contributed by atoms with van der Waals surface area (Å²) < 4.78 is 5.75. The molecule has 2 nitrogen and oxygen atoms in total. The van der Waals surface area contributed by atoms with Crippen LogP contribution in [0.3, 0.4) is 0 Å². The lowest BCUT2D eigenvalue weighted by Crippen LogP contribution is -1.94. The molecule has 0 bridgehead atoms. The lowest BCUT2D eigenvalue weighted by atomic mass is 10.1. The number of hydrogen-bond donors (Lipinski definition) is 1. The van der Waals surface area contributed by atoms with E-state index in [1.807, 2.05) is 0 Å². The smallest absolute Gasteiger partial charge is 0.125 e. The molecule has 0 atom stereocenters. The first-order chi connectivity index (χ1) is 8.93. The molecular weight excluding hydrogens is 222 g/mol. The fraction of sp³-hybridized carbons (Fsp3) is 0.125. The SMILES string of the molecule is C1=CCc2c(ccc3c2[nH]c2ccccc23)OC1. The molecule has 1 aromatic heterocycles. The number of allylic oxidation sites excluding steroid dienone is 1. The third-order valence-corrected chi connectivity index (χ3v) is 3.57. The first kappa shape index (κ1) is 9.77. The summed E-state index contributed by atoms with van der Waals surface area (Å²) in [5, 5.41) is 2.56. The van der Waals surface area contributed by atoms with Gasteiger partial charge in [0, 0.05) is 21.9 Å². The van der Waals surface area contributed by atoms with Gasteiger partial charge in [-0.2, -0.15) is 0 Å². The van der Waals surface area contributed by atoms with E-state index in [2.05, 4.69) is 53.5 Å². The second kappa shape index (κ2) is 3.64. The number of nitrogens with one attached hydrogen (secondary N) is 1. The summed E-state index contributed by atoms with van der Waals surface area (Å²) in [6.07, 6.45) is 5.19. The van der Waals surface area contributed by atoms with Crippen LogP contribution < -0.4 is 4.74 Å². The summed E-state index contributed by atoms with van der Waals surface area (Å²) in [4.78, 5) is 3.52. The predicted molar refractivity (Wildman–Crippen MR) is 74.1 cm³/mol. The van der Waals surface area contributed by atoms with Crippen LogP contribution in [0.4, 0.5) is 0 Å². The van der Waals surface area contributed by atoms with Crippen molar-refractivity contribution in [3.05, 3.63) is 54.1 Å². The average molecular weight is 235 g/mol. The van der Waals surface area contributed by atoms with Crippen molar-refractivity contribution in [1.82, 2.24) is 4.98 Å². The van der Waals surface area contributed by atoms with Gasteiger partial charge in [-0.1, -0.05) is 30.4 Å². The molecule has 0 saturated carbocycles. The van der Waals surface area contributed by atoms with Crippen LogP contribution in [0.15, 0.2) is 48.6 Å². The maximum atomic E-state index is 5.75. The van der Waals surface area contributed by atoms with Crippen LogP contribution in [0.1, 0.15) is 5.56 Å². The van der Waals surface area contributed by atoms with Crippen LogP contribution in [0.5, 0.6) is 5.75 Å². The Hall–Kier alpha value is -2.22. The summed E-state index contributed by atoms with van der Waals surface area (Å²) in [5.74, 6) is 0.999. The quantitative estimate of drug-likeness (QED) is 0.589. The Morgan fingerprint density at radius 2 is 1.89 bits per heavy atom. The van der Waals surface area contributed by atoms with Gasteiger partial charge in [-0.05, 0) is 24.6 Å². The normalized spacial score (nSPS) is 14.4. The number of para-hydroxylation sites is 1. The zero-order chi connectivity index (χ0) is 11.9. The van der Waals surface area contributed by atoms with Gasteiger partial charge in [-0.15, -0.1) is 0 Å². The van der Waals surface area contributed by atoms with Gasteiger partial charge in [0.1, 0.15) is 12.4 Å². The summed E-state index contributed by atoms with van der Waals surface area (Å²) in [6.45, 7) is 0.665. The summed E-state index contributed by atoms with van der Waals surface area (Å²) in [6, 6.07) is 12.7. The molecule has 88 valence electrons. The van der Waals surface area contributed by atoms with Gasteiger partial charge in [0.25, 0.3) is 0 Å². The van der Waals surface area contributed by atoms with Crippen molar-refractivity contribution in [2.75, 3.05) is 6.61 Å². The first-order valence-electron chi connectivity index (χ1n) is 6.23. The molecule has 2 heteroatoms. The molecule has 2 heterocycles. The average Bonchev–Trinajstić information content (AvgIpc) is 2.62. The number of H-pyrrole nitrogens is 1. The molecule has 0 aliphatic carbocycles. The van der Waals surface area contributed by atoms with E-state index in [-0.39, 0.29) is 0 Å². The number of benzene rings is 2. The zero-order valence-electron chi connectivity index (χ0n) is 9.94. The number of aromatic nitrogens is 1. The highest BCUT2D eigenvalue weighted by molar-refractivity contribution is 6.08. The highest BCUT2D eigenvalue weighted by Crippen LogP contribution is 2.34. The Bertz CT molecular complexity index is 767. The van der Waals surface area contributed by atoms with E-state index in [1.165, 1.54) is 27.4 Å². The van der Waals surface area contributed by atoms with Crippen molar-refractivity contribution in [3.8, 4) is 5.75 Å². The lowest BCUT2D eigenvalue weighted by Gasteiger charge is -2.07. The van der Waals surface area contributed by atoms with Gasteiger partial charge < -0.3 is 9.72 Å². The van der Waals surface area contributed by atoms with Crippen molar-refractivity contribution in [2.45, 2.75) is 6.42 Å². The number of fused-ring (bicyclic) bond motifs is 5.